The van der Waals surface area contributed by atoms with E-state index in [-0.39, 0.29) is 40.8 Å². The molecular formula is C28H40O7. The van der Waals surface area contributed by atoms with Crippen molar-refractivity contribution < 1.29 is 34.1 Å². The Morgan fingerprint density at radius 1 is 1.20 bits per heavy atom. The number of ketones is 3. The fourth-order valence-corrected chi connectivity index (χ4v) is 6.91. The van der Waals surface area contributed by atoms with E-state index in [9.17, 15) is 24.6 Å². The third-order valence-corrected chi connectivity index (χ3v) is 9.27. The number of hydrogen-bond donors (Lipinski definition) is 2. The van der Waals surface area contributed by atoms with Crippen molar-refractivity contribution in [1.29, 1.82) is 0 Å². The molecule has 4 aliphatic rings. The Morgan fingerprint density at radius 2 is 1.86 bits per heavy atom. The van der Waals surface area contributed by atoms with Crippen LogP contribution in [-0.4, -0.2) is 57.1 Å². The average Bonchev–Trinajstić information content (AvgIpc) is 2.77. The van der Waals surface area contributed by atoms with Gasteiger partial charge >= 0.3 is 0 Å². The lowest BCUT2D eigenvalue weighted by molar-refractivity contribution is -0.260. The van der Waals surface area contributed by atoms with E-state index in [2.05, 4.69) is 6.92 Å². The highest BCUT2D eigenvalue weighted by Crippen LogP contribution is 2.59. The van der Waals surface area contributed by atoms with Gasteiger partial charge in [-0.2, -0.15) is 0 Å². The van der Waals surface area contributed by atoms with Crippen LogP contribution in [0, 0.1) is 23.2 Å². The molecule has 2 N–H and O–H groups in total. The maximum Gasteiger partial charge on any atom is 0.224 e. The zero-order valence-corrected chi connectivity index (χ0v) is 22.0. The third kappa shape index (κ3) is 4.04. The third-order valence-electron chi connectivity index (χ3n) is 9.27. The molecule has 0 spiro atoms. The maximum absolute atomic E-state index is 13.5. The lowest BCUT2D eigenvalue weighted by Gasteiger charge is -2.61. The maximum atomic E-state index is 13.5. The van der Waals surface area contributed by atoms with Crippen molar-refractivity contribution in [3.05, 3.63) is 23.0 Å². The standard InChI is InChI=1S/C28H40O7/c1-8-14(2)21(30)15(3)16-13-17(29)20-23(32)25-27(6)11-9-18(26(4,5)33)34-19(27)10-12-28(25,7)35-24(20)22(16)31/h13-15,18-19,23,25,32-33H,8-12H2,1-7H3/t14?,15?,18?,19?,23?,25?,27-,28+/m0/s1. The molecule has 0 aromatic rings. The van der Waals surface area contributed by atoms with Crippen molar-refractivity contribution in [3.63, 3.8) is 0 Å². The first-order chi connectivity index (χ1) is 16.2. The highest BCUT2D eigenvalue weighted by Gasteiger charge is 2.64. The molecule has 2 aliphatic carbocycles. The molecule has 6 unspecified atom stereocenters. The normalized spacial score (nSPS) is 39.1. The molecule has 0 radical (unpaired) electrons. The van der Waals surface area contributed by atoms with Crippen LogP contribution in [0.1, 0.15) is 80.6 Å². The van der Waals surface area contributed by atoms with E-state index < -0.39 is 46.1 Å². The van der Waals surface area contributed by atoms with Crippen LogP contribution in [-0.2, 0) is 23.9 Å². The number of hydrogen-bond acceptors (Lipinski definition) is 7. The zero-order chi connectivity index (χ0) is 26.1. The molecular weight excluding hydrogens is 448 g/mol. The van der Waals surface area contributed by atoms with Gasteiger partial charge in [-0.1, -0.05) is 27.7 Å². The van der Waals surface area contributed by atoms with Gasteiger partial charge in [-0.15, -0.1) is 0 Å². The topological polar surface area (TPSA) is 110 Å². The summed E-state index contributed by atoms with van der Waals surface area (Å²) in [5, 5.41) is 22.1. The molecule has 1 saturated heterocycles. The van der Waals surface area contributed by atoms with Gasteiger partial charge in [0.2, 0.25) is 5.78 Å². The Hall–Kier alpha value is -1.83. The van der Waals surface area contributed by atoms with Crippen LogP contribution in [0.2, 0.25) is 0 Å². The van der Waals surface area contributed by atoms with Gasteiger partial charge in [0.1, 0.15) is 11.4 Å². The van der Waals surface area contributed by atoms with Gasteiger partial charge in [0, 0.05) is 28.7 Å². The number of carbonyl (C=O) groups is 3. The molecule has 0 aromatic heterocycles. The Bertz CT molecular complexity index is 1000. The Balaban J connectivity index is 1.68. The van der Waals surface area contributed by atoms with Crippen LogP contribution in [0.25, 0.3) is 0 Å². The molecule has 0 aromatic carbocycles. The van der Waals surface area contributed by atoms with Crippen LogP contribution in [0.3, 0.4) is 0 Å². The Kier molecular flexibility index (Phi) is 6.47. The number of fused-ring (bicyclic) bond motifs is 3. The Labute approximate surface area is 207 Å². The molecule has 2 fully saturated rings. The molecule has 2 heterocycles. The number of allylic oxidation sites excluding steroid dienone is 2. The predicted molar refractivity (Wildman–Crippen MR) is 129 cm³/mol. The minimum absolute atomic E-state index is 0.00380. The van der Waals surface area contributed by atoms with Crippen molar-refractivity contribution in [2.24, 2.45) is 23.2 Å². The number of carbonyl (C=O) groups excluding carboxylic acids is 3. The SMILES string of the molecule is CCC(C)C(=O)C(C)C1=CC(=O)C2=C(O[C@]3(C)CCC4OC(C(C)(C)O)CC[C@]4(C)C3C2O)C1=O. The van der Waals surface area contributed by atoms with Gasteiger partial charge in [0.15, 0.2) is 11.5 Å². The van der Waals surface area contributed by atoms with Crippen molar-refractivity contribution >= 4 is 17.3 Å². The summed E-state index contributed by atoms with van der Waals surface area (Å²) in [6, 6.07) is 0. The van der Waals surface area contributed by atoms with E-state index in [0.29, 0.717) is 32.1 Å². The van der Waals surface area contributed by atoms with Gasteiger partial charge in [0.25, 0.3) is 0 Å². The van der Waals surface area contributed by atoms with Crippen LogP contribution < -0.4 is 0 Å². The fraction of sp³-hybridized carbons (Fsp3) is 0.750. The summed E-state index contributed by atoms with van der Waals surface area (Å²) >= 11 is 0. The molecule has 35 heavy (non-hydrogen) atoms. The highest BCUT2D eigenvalue weighted by atomic mass is 16.5. The molecule has 2 aliphatic heterocycles. The number of ether oxygens (including phenoxy) is 2. The lowest BCUT2D eigenvalue weighted by atomic mass is 9.52. The zero-order valence-electron chi connectivity index (χ0n) is 22.0. The van der Waals surface area contributed by atoms with Crippen molar-refractivity contribution in [1.82, 2.24) is 0 Å². The lowest BCUT2D eigenvalue weighted by Crippen LogP contribution is -2.66. The summed E-state index contributed by atoms with van der Waals surface area (Å²) in [6.45, 7) is 12.8. The highest BCUT2D eigenvalue weighted by molar-refractivity contribution is 6.24. The molecule has 7 nitrogen and oxygen atoms in total. The minimum Gasteiger partial charge on any atom is -0.482 e. The van der Waals surface area contributed by atoms with Crippen LogP contribution in [0.15, 0.2) is 23.0 Å². The molecule has 0 bridgehead atoms. The number of aliphatic hydroxyl groups is 2. The van der Waals surface area contributed by atoms with E-state index in [1.54, 1.807) is 20.8 Å². The first-order valence-electron chi connectivity index (χ1n) is 13.0. The van der Waals surface area contributed by atoms with Crippen LogP contribution in [0.4, 0.5) is 0 Å². The van der Waals surface area contributed by atoms with E-state index in [0.717, 1.165) is 0 Å². The first-order valence-corrected chi connectivity index (χ1v) is 13.0. The second-order valence-corrected chi connectivity index (χ2v) is 12.2. The summed E-state index contributed by atoms with van der Waals surface area (Å²) in [5.41, 5.74) is -2.20. The van der Waals surface area contributed by atoms with Gasteiger partial charge in [-0.3, -0.25) is 14.4 Å². The predicted octanol–water partition coefficient (Wildman–Crippen LogP) is 3.45. The smallest absolute Gasteiger partial charge is 0.224 e. The number of aliphatic hydroxyl groups excluding tert-OH is 1. The summed E-state index contributed by atoms with van der Waals surface area (Å²) in [4.78, 5) is 39.6. The largest absolute Gasteiger partial charge is 0.482 e. The van der Waals surface area contributed by atoms with Crippen molar-refractivity contribution in [3.8, 4) is 0 Å². The molecule has 0 amide bonds. The van der Waals surface area contributed by atoms with Gasteiger partial charge in [0.05, 0.1) is 29.5 Å². The second kappa shape index (κ2) is 8.63. The van der Waals surface area contributed by atoms with Crippen LogP contribution in [0.5, 0.6) is 0 Å². The summed E-state index contributed by atoms with van der Waals surface area (Å²) in [6.07, 6.45) is 2.67. The summed E-state index contributed by atoms with van der Waals surface area (Å²) in [7, 11) is 0. The van der Waals surface area contributed by atoms with Gasteiger partial charge < -0.3 is 19.7 Å². The van der Waals surface area contributed by atoms with E-state index in [4.69, 9.17) is 9.47 Å². The summed E-state index contributed by atoms with van der Waals surface area (Å²) in [5.74, 6) is -2.53. The van der Waals surface area contributed by atoms with Gasteiger partial charge in [-0.25, -0.2) is 0 Å². The molecule has 8 atom stereocenters. The molecule has 1 saturated carbocycles. The van der Waals surface area contributed by atoms with E-state index >= 15 is 0 Å². The minimum atomic E-state index is -1.19. The van der Waals surface area contributed by atoms with E-state index in [1.807, 2.05) is 20.8 Å². The second-order valence-electron chi connectivity index (χ2n) is 12.2. The van der Waals surface area contributed by atoms with E-state index in [1.165, 1.54) is 6.08 Å². The average molecular weight is 489 g/mol. The number of rotatable bonds is 5. The quantitative estimate of drug-likeness (QED) is 0.570. The monoisotopic (exact) mass is 488 g/mol. The first kappa shape index (κ1) is 26.2. The number of Topliss-reactive ketones (excluding diaryl/α,β-unsaturated/α-hetero) is 2. The fourth-order valence-electron chi connectivity index (χ4n) is 6.91. The Morgan fingerprint density at radius 3 is 2.46 bits per heavy atom. The molecule has 7 heteroatoms. The van der Waals surface area contributed by atoms with Gasteiger partial charge in [-0.05, 0) is 59.0 Å². The summed E-state index contributed by atoms with van der Waals surface area (Å²) < 4.78 is 12.7. The molecule has 4 rings (SSSR count). The van der Waals surface area contributed by atoms with Crippen LogP contribution >= 0.6 is 0 Å². The molecule has 194 valence electrons. The van der Waals surface area contributed by atoms with Crippen molar-refractivity contribution in [2.75, 3.05) is 0 Å². The van der Waals surface area contributed by atoms with Crippen molar-refractivity contribution in [2.45, 2.75) is 110 Å².